The van der Waals surface area contributed by atoms with Gasteiger partial charge >= 0.3 is 0 Å². The van der Waals surface area contributed by atoms with E-state index in [2.05, 4.69) is 9.88 Å². The molecular weight excluding hydrogens is 270 g/mol. The minimum Gasteiger partial charge on any atom is -0.409 e. The molecular formula is C11H23N3O4S. The lowest BCUT2D eigenvalue weighted by Crippen LogP contribution is -2.43. The Morgan fingerprint density at radius 2 is 2.21 bits per heavy atom. The molecule has 0 bridgehead atoms. The van der Waals surface area contributed by atoms with Gasteiger partial charge in [-0.25, -0.2) is 13.1 Å². The zero-order chi connectivity index (χ0) is 14.5. The number of rotatable bonds is 7. The summed E-state index contributed by atoms with van der Waals surface area (Å²) in [4.78, 5) is 0. The van der Waals surface area contributed by atoms with Crippen LogP contribution in [0.5, 0.6) is 0 Å². The van der Waals surface area contributed by atoms with Gasteiger partial charge in [0.1, 0.15) is 5.84 Å². The number of amidine groups is 1. The highest BCUT2D eigenvalue weighted by Gasteiger charge is 2.33. The standard InChI is InChI=1S/C11H23N3O4S/c1-8(2)18-6-7-19(16,17)14-10-5-3-4-9(10)11(12)13-15/h8-10,14-15H,3-7H2,1-2H3,(H2,12,13). The van der Waals surface area contributed by atoms with Crippen LogP contribution in [-0.4, -0.2) is 44.0 Å². The maximum absolute atomic E-state index is 11.9. The fourth-order valence-electron chi connectivity index (χ4n) is 2.21. The van der Waals surface area contributed by atoms with Gasteiger partial charge in [0.15, 0.2) is 0 Å². The molecule has 0 radical (unpaired) electrons. The van der Waals surface area contributed by atoms with E-state index in [-0.39, 0.29) is 36.3 Å². The van der Waals surface area contributed by atoms with E-state index in [4.69, 9.17) is 15.7 Å². The van der Waals surface area contributed by atoms with E-state index in [0.717, 1.165) is 12.8 Å². The molecule has 0 aromatic heterocycles. The van der Waals surface area contributed by atoms with Crippen molar-refractivity contribution in [3.8, 4) is 0 Å². The summed E-state index contributed by atoms with van der Waals surface area (Å²) in [6.07, 6.45) is 2.29. The van der Waals surface area contributed by atoms with Gasteiger partial charge in [0.2, 0.25) is 10.0 Å². The number of hydrogen-bond donors (Lipinski definition) is 3. The molecule has 1 fully saturated rings. The van der Waals surface area contributed by atoms with E-state index < -0.39 is 10.0 Å². The van der Waals surface area contributed by atoms with Crippen LogP contribution in [0.3, 0.4) is 0 Å². The van der Waals surface area contributed by atoms with Gasteiger partial charge in [-0.1, -0.05) is 11.6 Å². The molecule has 0 saturated heterocycles. The molecule has 1 saturated carbocycles. The molecule has 0 amide bonds. The molecule has 1 rings (SSSR count). The summed E-state index contributed by atoms with van der Waals surface area (Å²) in [5.74, 6) is -0.223. The lowest BCUT2D eigenvalue weighted by molar-refractivity contribution is 0.0911. The first kappa shape index (κ1) is 16.2. The van der Waals surface area contributed by atoms with Crippen LogP contribution >= 0.6 is 0 Å². The summed E-state index contributed by atoms with van der Waals surface area (Å²) in [6, 6.07) is -0.292. The number of nitrogens with one attached hydrogen (secondary N) is 1. The van der Waals surface area contributed by atoms with Gasteiger partial charge in [-0.05, 0) is 26.7 Å². The predicted molar refractivity (Wildman–Crippen MR) is 72.5 cm³/mol. The summed E-state index contributed by atoms with van der Waals surface area (Å²) in [5.41, 5.74) is 5.57. The summed E-state index contributed by atoms with van der Waals surface area (Å²) in [6.45, 7) is 3.87. The minimum absolute atomic E-state index is 0.00611. The van der Waals surface area contributed by atoms with Crippen molar-refractivity contribution in [2.24, 2.45) is 16.8 Å². The van der Waals surface area contributed by atoms with Crippen LogP contribution in [-0.2, 0) is 14.8 Å². The summed E-state index contributed by atoms with van der Waals surface area (Å²) in [7, 11) is -3.40. The number of sulfonamides is 1. The van der Waals surface area contributed by atoms with Crippen LogP contribution in [0.2, 0.25) is 0 Å². The molecule has 19 heavy (non-hydrogen) atoms. The quantitative estimate of drug-likeness (QED) is 0.269. The van der Waals surface area contributed by atoms with Gasteiger partial charge in [-0.15, -0.1) is 0 Å². The second kappa shape index (κ2) is 7.06. The Bertz CT molecular complexity index is 408. The molecule has 0 aromatic carbocycles. The second-order valence-electron chi connectivity index (χ2n) is 5.03. The van der Waals surface area contributed by atoms with Gasteiger partial charge in [0.25, 0.3) is 0 Å². The number of nitrogens with two attached hydrogens (primary N) is 1. The van der Waals surface area contributed by atoms with E-state index in [9.17, 15) is 8.42 Å². The average Bonchev–Trinajstić information content (AvgIpc) is 2.74. The van der Waals surface area contributed by atoms with Gasteiger partial charge in [-0.3, -0.25) is 0 Å². The van der Waals surface area contributed by atoms with Crippen LogP contribution in [0.25, 0.3) is 0 Å². The molecule has 7 nitrogen and oxygen atoms in total. The summed E-state index contributed by atoms with van der Waals surface area (Å²) >= 11 is 0. The Morgan fingerprint density at radius 3 is 2.79 bits per heavy atom. The Labute approximate surface area is 114 Å². The Morgan fingerprint density at radius 1 is 1.53 bits per heavy atom. The fraction of sp³-hybridized carbons (Fsp3) is 0.909. The van der Waals surface area contributed by atoms with Crippen molar-refractivity contribution in [2.45, 2.75) is 45.3 Å². The average molecular weight is 293 g/mol. The van der Waals surface area contributed by atoms with Crippen LogP contribution < -0.4 is 10.5 Å². The number of oxime groups is 1. The van der Waals surface area contributed by atoms with E-state index in [0.29, 0.717) is 6.42 Å². The maximum Gasteiger partial charge on any atom is 0.214 e. The van der Waals surface area contributed by atoms with Crippen LogP contribution in [0.15, 0.2) is 5.16 Å². The molecule has 0 heterocycles. The molecule has 0 spiro atoms. The summed E-state index contributed by atoms with van der Waals surface area (Å²) in [5, 5.41) is 11.7. The van der Waals surface area contributed by atoms with Crippen molar-refractivity contribution >= 4 is 15.9 Å². The fourth-order valence-corrected chi connectivity index (χ4v) is 3.39. The third-order valence-corrected chi connectivity index (χ3v) is 4.51. The smallest absolute Gasteiger partial charge is 0.214 e. The predicted octanol–water partition coefficient (Wildman–Crippen LogP) is 0.246. The van der Waals surface area contributed by atoms with Crippen LogP contribution in [0.1, 0.15) is 33.1 Å². The lowest BCUT2D eigenvalue weighted by atomic mass is 10.0. The molecule has 2 unspecified atom stereocenters. The Hall–Kier alpha value is -0.860. The Balaban J connectivity index is 2.52. The maximum atomic E-state index is 11.9. The monoisotopic (exact) mass is 293 g/mol. The van der Waals surface area contributed by atoms with Crippen molar-refractivity contribution in [3.63, 3.8) is 0 Å². The number of nitrogens with zero attached hydrogens (tertiary/aromatic N) is 1. The van der Waals surface area contributed by atoms with Crippen molar-refractivity contribution in [1.29, 1.82) is 0 Å². The van der Waals surface area contributed by atoms with Gasteiger partial charge in [-0.2, -0.15) is 0 Å². The summed E-state index contributed by atoms with van der Waals surface area (Å²) < 4.78 is 31.6. The van der Waals surface area contributed by atoms with Crippen molar-refractivity contribution in [3.05, 3.63) is 0 Å². The third kappa shape index (κ3) is 5.33. The Kier molecular flexibility index (Phi) is 6.02. The zero-order valence-electron chi connectivity index (χ0n) is 11.4. The molecule has 1 aliphatic carbocycles. The van der Waals surface area contributed by atoms with Gasteiger partial charge in [0, 0.05) is 12.0 Å². The number of ether oxygens (including phenoxy) is 1. The van der Waals surface area contributed by atoms with Crippen molar-refractivity contribution in [1.82, 2.24) is 4.72 Å². The highest BCUT2D eigenvalue weighted by molar-refractivity contribution is 7.89. The van der Waals surface area contributed by atoms with E-state index in [1.54, 1.807) is 0 Å². The number of hydrogen-bond acceptors (Lipinski definition) is 5. The zero-order valence-corrected chi connectivity index (χ0v) is 12.2. The molecule has 1 aliphatic rings. The van der Waals surface area contributed by atoms with Gasteiger partial charge in [0.05, 0.1) is 18.5 Å². The van der Waals surface area contributed by atoms with E-state index in [1.165, 1.54) is 0 Å². The first-order valence-electron chi connectivity index (χ1n) is 6.44. The molecule has 4 N–H and O–H groups in total. The highest BCUT2D eigenvalue weighted by atomic mass is 32.2. The second-order valence-corrected chi connectivity index (χ2v) is 6.90. The topological polar surface area (TPSA) is 114 Å². The molecule has 0 aliphatic heterocycles. The molecule has 2 atom stereocenters. The first-order valence-corrected chi connectivity index (χ1v) is 8.10. The van der Waals surface area contributed by atoms with Crippen LogP contribution in [0.4, 0.5) is 0 Å². The van der Waals surface area contributed by atoms with E-state index >= 15 is 0 Å². The third-order valence-electron chi connectivity index (χ3n) is 3.15. The van der Waals surface area contributed by atoms with E-state index in [1.807, 2.05) is 13.8 Å². The lowest BCUT2D eigenvalue weighted by Gasteiger charge is -2.19. The first-order chi connectivity index (χ1) is 8.85. The SMILES string of the molecule is CC(C)OCCS(=O)(=O)NC1CCCC1C(N)=NO. The highest BCUT2D eigenvalue weighted by Crippen LogP contribution is 2.26. The van der Waals surface area contributed by atoms with Crippen molar-refractivity contribution in [2.75, 3.05) is 12.4 Å². The largest absolute Gasteiger partial charge is 0.409 e. The normalized spacial score (nSPS) is 25.1. The van der Waals surface area contributed by atoms with Crippen LogP contribution in [0, 0.1) is 5.92 Å². The minimum atomic E-state index is -3.40. The molecule has 0 aromatic rings. The van der Waals surface area contributed by atoms with Crippen molar-refractivity contribution < 1.29 is 18.4 Å². The molecule has 8 heteroatoms. The molecule has 112 valence electrons. The van der Waals surface area contributed by atoms with Gasteiger partial charge < -0.3 is 15.7 Å².